The Morgan fingerprint density at radius 1 is 1.16 bits per heavy atom. The zero-order valence-corrected chi connectivity index (χ0v) is 17.4. The van der Waals surface area contributed by atoms with Crippen LogP contribution < -0.4 is 10.1 Å². The molecule has 0 radical (unpaired) electrons. The van der Waals surface area contributed by atoms with Gasteiger partial charge in [-0.2, -0.15) is 5.10 Å². The van der Waals surface area contributed by atoms with Gasteiger partial charge in [0.05, 0.1) is 24.6 Å². The Morgan fingerprint density at radius 2 is 1.90 bits per heavy atom. The lowest BCUT2D eigenvalue weighted by Gasteiger charge is -2.21. The Hall–Kier alpha value is -3.94. The van der Waals surface area contributed by atoms with Gasteiger partial charge in [0.2, 0.25) is 0 Å². The Balaban J connectivity index is 1.71. The van der Waals surface area contributed by atoms with Gasteiger partial charge in [0, 0.05) is 25.0 Å². The van der Waals surface area contributed by atoms with Crippen molar-refractivity contribution >= 4 is 5.91 Å². The minimum absolute atomic E-state index is 0.282. The van der Waals surface area contributed by atoms with Crippen LogP contribution in [0.1, 0.15) is 33.5 Å². The minimum atomic E-state index is -0.556. The van der Waals surface area contributed by atoms with E-state index in [0.717, 1.165) is 5.56 Å². The number of rotatable bonds is 6. The molecule has 0 spiro atoms. The summed E-state index contributed by atoms with van der Waals surface area (Å²) in [5, 5.41) is 7.27. The van der Waals surface area contributed by atoms with Gasteiger partial charge in [0.15, 0.2) is 0 Å². The molecule has 31 heavy (non-hydrogen) atoms. The van der Waals surface area contributed by atoms with Gasteiger partial charge in [-0.3, -0.25) is 4.79 Å². The number of benzene rings is 2. The number of aromatic nitrogens is 4. The summed E-state index contributed by atoms with van der Waals surface area (Å²) in [4.78, 5) is 17.7. The van der Waals surface area contributed by atoms with Crippen molar-refractivity contribution in [2.75, 3.05) is 7.11 Å². The van der Waals surface area contributed by atoms with E-state index in [1.807, 2.05) is 42.1 Å². The first kappa shape index (κ1) is 20.3. The highest BCUT2D eigenvalue weighted by Gasteiger charge is 2.26. The van der Waals surface area contributed by atoms with Crippen LogP contribution in [0.2, 0.25) is 0 Å². The van der Waals surface area contributed by atoms with Crippen LogP contribution >= 0.6 is 0 Å². The van der Waals surface area contributed by atoms with Crippen LogP contribution in [0.25, 0.3) is 5.69 Å². The Kier molecular flexibility index (Phi) is 5.53. The standard InChI is InChI=1S/C23H22FN5O2/c1-15-17(14-26-29(15)19-10-6-5-9-18(19)24)23(30)27-21(22-25-12-13-28(22)2)16-8-4-7-11-20(16)31-3/h4-14,21H,1-3H3,(H,27,30). The van der Waals surface area contributed by atoms with Gasteiger partial charge < -0.3 is 14.6 Å². The molecule has 0 bridgehead atoms. The molecule has 1 unspecified atom stereocenters. The minimum Gasteiger partial charge on any atom is -0.496 e. The molecule has 2 aromatic heterocycles. The second kappa shape index (κ2) is 8.43. The van der Waals surface area contributed by atoms with Crippen LogP contribution in [0.15, 0.2) is 67.1 Å². The van der Waals surface area contributed by atoms with E-state index in [0.29, 0.717) is 22.8 Å². The third-order valence-electron chi connectivity index (χ3n) is 5.18. The number of amides is 1. The van der Waals surface area contributed by atoms with Crippen molar-refractivity contribution in [2.45, 2.75) is 13.0 Å². The number of para-hydroxylation sites is 2. The first-order valence-electron chi connectivity index (χ1n) is 9.71. The maximum absolute atomic E-state index is 14.2. The SMILES string of the molecule is COc1ccccc1C(NC(=O)c1cnn(-c2ccccc2F)c1C)c1nccn1C. The highest BCUT2D eigenvalue weighted by atomic mass is 19.1. The Labute approximate surface area is 179 Å². The average Bonchev–Trinajstić information content (AvgIpc) is 3.38. The van der Waals surface area contributed by atoms with Crippen molar-refractivity contribution in [3.05, 3.63) is 95.6 Å². The smallest absolute Gasteiger partial charge is 0.255 e. The van der Waals surface area contributed by atoms with Crippen molar-refractivity contribution in [1.82, 2.24) is 24.6 Å². The molecule has 1 atom stereocenters. The zero-order valence-electron chi connectivity index (χ0n) is 17.4. The summed E-state index contributed by atoms with van der Waals surface area (Å²) in [6.07, 6.45) is 4.92. The van der Waals surface area contributed by atoms with Crippen molar-refractivity contribution in [3.63, 3.8) is 0 Å². The number of carbonyl (C=O) groups is 1. The molecule has 158 valence electrons. The van der Waals surface area contributed by atoms with Gasteiger partial charge in [0.25, 0.3) is 5.91 Å². The van der Waals surface area contributed by atoms with E-state index in [1.54, 1.807) is 38.4 Å². The summed E-state index contributed by atoms with van der Waals surface area (Å²) in [5.74, 6) is 0.520. The number of methoxy groups -OCH3 is 1. The van der Waals surface area contributed by atoms with Crippen molar-refractivity contribution in [1.29, 1.82) is 0 Å². The average molecular weight is 419 g/mol. The summed E-state index contributed by atoms with van der Waals surface area (Å²) in [7, 11) is 3.44. The lowest BCUT2D eigenvalue weighted by Crippen LogP contribution is -2.31. The van der Waals surface area contributed by atoms with E-state index in [4.69, 9.17) is 4.74 Å². The van der Waals surface area contributed by atoms with Gasteiger partial charge in [-0.1, -0.05) is 30.3 Å². The number of hydrogen-bond acceptors (Lipinski definition) is 4. The van der Waals surface area contributed by atoms with Crippen LogP contribution in [0.4, 0.5) is 4.39 Å². The van der Waals surface area contributed by atoms with E-state index in [2.05, 4.69) is 15.4 Å². The van der Waals surface area contributed by atoms with E-state index < -0.39 is 11.9 Å². The van der Waals surface area contributed by atoms with E-state index in [9.17, 15) is 9.18 Å². The van der Waals surface area contributed by atoms with Crippen LogP contribution in [-0.2, 0) is 7.05 Å². The molecule has 0 aliphatic rings. The fourth-order valence-corrected chi connectivity index (χ4v) is 3.55. The molecule has 8 heteroatoms. The van der Waals surface area contributed by atoms with Crippen molar-refractivity contribution in [2.24, 2.45) is 7.05 Å². The van der Waals surface area contributed by atoms with Gasteiger partial charge in [-0.15, -0.1) is 0 Å². The number of nitrogens with one attached hydrogen (secondary N) is 1. The van der Waals surface area contributed by atoms with E-state index in [1.165, 1.54) is 16.9 Å². The lowest BCUT2D eigenvalue weighted by atomic mass is 10.0. The predicted octanol–water partition coefficient (Wildman–Crippen LogP) is 3.58. The van der Waals surface area contributed by atoms with Gasteiger partial charge in [0.1, 0.15) is 29.1 Å². The molecule has 0 saturated heterocycles. The fourth-order valence-electron chi connectivity index (χ4n) is 3.55. The third-order valence-corrected chi connectivity index (χ3v) is 5.18. The van der Waals surface area contributed by atoms with Crippen LogP contribution in [0, 0.1) is 12.7 Å². The topological polar surface area (TPSA) is 74.0 Å². The zero-order chi connectivity index (χ0) is 22.0. The second-order valence-electron chi connectivity index (χ2n) is 7.05. The molecular weight excluding hydrogens is 397 g/mol. The largest absolute Gasteiger partial charge is 0.496 e. The molecule has 0 aliphatic carbocycles. The molecule has 1 N–H and O–H groups in total. The maximum Gasteiger partial charge on any atom is 0.255 e. The second-order valence-corrected chi connectivity index (χ2v) is 7.05. The summed E-state index contributed by atoms with van der Waals surface area (Å²) in [6, 6.07) is 13.2. The van der Waals surface area contributed by atoms with Gasteiger partial charge in [-0.05, 0) is 25.1 Å². The predicted molar refractivity (Wildman–Crippen MR) is 114 cm³/mol. The molecule has 1 amide bonds. The van der Waals surface area contributed by atoms with Crippen LogP contribution in [0.5, 0.6) is 5.75 Å². The quantitative estimate of drug-likeness (QED) is 0.518. The molecule has 2 aromatic carbocycles. The van der Waals surface area contributed by atoms with Crippen LogP contribution in [-0.4, -0.2) is 32.3 Å². The molecule has 0 fully saturated rings. The maximum atomic E-state index is 14.2. The number of aryl methyl sites for hydroxylation is 1. The Morgan fingerprint density at radius 3 is 2.61 bits per heavy atom. The van der Waals surface area contributed by atoms with Crippen molar-refractivity contribution < 1.29 is 13.9 Å². The Bertz CT molecular complexity index is 1230. The van der Waals surface area contributed by atoms with Gasteiger partial charge >= 0.3 is 0 Å². The fraction of sp³-hybridized carbons (Fsp3) is 0.174. The number of ether oxygens (including phenoxy) is 1. The number of hydrogen-bond donors (Lipinski definition) is 1. The molecule has 4 rings (SSSR count). The van der Waals surface area contributed by atoms with E-state index in [-0.39, 0.29) is 11.6 Å². The first-order valence-corrected chi connectivity index (χ1v) is 9.71. The summed E-state index contributed by atoms with van der Waals surface area (Å²) in [5.41, 5.74) is 1.93. The summed E-state index contributed by atoms with van der Waals surface area (Å²) < 4.78 is 23.0. The number of carbonyl (C=O) groups excluding carboxylic acids is 1. The highest BCUT2D eigenvalue weighted by Crippen LogP contribution is 2.29. The highest BCUT2D eigenvalue weighted by molar-refractivity contribution is 5.95. The molecule has 2 heterocycles. The summed E-state index contributed by atoms with van der Waals surface area (Å²) in [6.45, 7) is 1.73. The monoisotopic (exact) mass is 419 g/mol. The van der Waals surface area contributed by atoms with Gasteiger partial charge in [-0.25, -0.2) is 14.1 Å². The third kappa shape index (κ3) is 3.79. The lowest BCUT2D eigenvalue weighted by molar-refractivity contribution is 0.0940. The van der Waals surface area contributed by atoms with E-state index >= 15 is 0 Å². The molecule has 4 aromatic rings. The normalized spacial score (nSPS) is 11.9. The molecule has 0 saturated carbocycles. The summed E-state index contributed by atoms with van der Waals surface area (Å²) >= 11 is 0. The molecular formula is C23H22FN5O2. The van der Waals surface area contributed by atoms with Crippen molar-refractivity contribution in [3.8, 4) is 11.4 Å². The first-order chi connectivity index (χ1) is 15.0. The molecule has 0 aliphatic heterocycles. The molecule has 7 nitrogen and oxygen atoms in total. The number of imidazole rings is 1. The number of halogens is 1. The number of nitrogens with zero attached hydrogens (tertiary/aromatic N) is 4. The van der Waals surface area contributed by atoms with Crippen LogP contribution in [0.3, 0.4) is 0 Å².